The highest BCUT2D eigenvalue weighted by atomic mass is 32.2. The summed E-state index contributed by atoms with van der Waals surface area (Å²) in [5, 5.41) is 10.8. The molecule has 150 valence electrons. The van der Waals surface area contributed by atoms with E-state index in [1.54, 1.807) is 55.6 Å². The number of carbonyl (C=O) groups is 2. The lowest BCUT2D eigenvalue weighted by Crippen LogP contribution is -2.14. The summed E-state index contributed by atoms with van der Waals surface area (Å²) < 4.78 is 16.1. The first-order valence-electron chi connectivity index (χ1n) is 8.66. The third-order valence-electron chi connectivity index (χ3n) is 3.77. The molecule has 1 aromatic heterocycles. The van der Waals surface area contributed by atoms with Crippen molar-refractivity contribution < 1.29 is 23.5 Å². The summed E-state index contributed by atoms with van der Waals surface area (Å²) in [6, 6.07) is 13.8. The van der Waals surface area contributed by atoms with Crippen molar-refractivity contribution in [2.45, 2.75) is 18.8 Å². The zero-order valence-corrected chi connectivity index (χ0v) is 16.7. The van der Waals surface area contributed by atoms with Crippen molar-refractivity contribution in [2.24, 2.45) is 0 Å². The molecule has 1 heterocycles. The van der Waals surface area contributed by atoms with Gasteiger partial charge in [0.15, 0.2) is 12.4 Å². The van der Waals surface area contributed by atoms with Gasteiger partial charge in [-0.25, -0.2) is 0 Å². The van der Waals surface area contributed by atoms with Crippen LogP contribution < -0.4 is 14.8 Å². The quantitative estimate of drug-likeness (QED) is 0.419. The molecule has 3 aromatic rings. The minimum absolute atomic E-state index is 0.0263. The van der Waals surface area contributed by atoms with Gasteiger partial charge in [0.1, 0.15) is 11.5 Å². The number of hydrogen-bond acceptors (Lipinski definition) is 8. The van der Waals surface area contributed by atoms with Crippen LogP contribution in [0.2, 0.25) is 0 Å². The summed E-state index contributed by atoms with van der Waals surface area (Å²) in [5.41, 5.74) is 1.20. The molecular weight excluding hydrogens is 394 g/mol. The molecule has 8 nitrogen and oxygen atoms in total. The van der Waals surface area contributed by atoms with Gasteiger partial charge >= 0.3 is 0 Å². The highest BCUT2D eigenvalue weighted by Crippen LogP contribution is 2.20. The van der Waals surface area contributed by atoms with Gasteiger partial charge < -0.3 is 19.2 Å². The Morgan fingerprint density at radius 1 is 1.03 bits per heavy atom. The zero-order chi connectivity index (χ0) is 20.6. The molecule has 0 aliphatic carbocycles. The van der Waals surface area contributed by atoms with Crippen LogP contribution in [0.3, 0.4) is 0 Å². The summed E-state index contributed by atoms with van der Waals surface area (Å²) in [7, 11) is 1.60. The number of Topliss-reactive ketones (excluding diaryl/α,β-unsaturated/α-hetero) is 1. The molecule has 0 bridgehead atoms. The molecular formula is C20H19N3O5S. The van der Waals surface area contributed by atoms with E-state index in [4.69, 9.17) is 13.9 Å². The number of hydrogen-bond donors (Lipinski definition) is 1. The Balaban J connectivity index is 1.44. The van der Waals surface area contributed by atoms with Gasteiger partial charge in [-0.2, -0.15) is 0 Å². The van der Waals surface area contributed by atoms with Crippen LogP contribution in [-0.4, -0.2) is 34.8 Å². The van der Waals surface area contributed by atoms with Crippen molar-refractivity contribution in [3.05, 3.63) is 60.0 Å². The van der Waals surface area contributed by atoms with Crippen molar-refractivity contribution in [1.29, 1.82) is 0 Å². The van der Waals surface area contributed by atoms with E-state index in [0.717, 1.165) is 17.5 Å². The maximum absolute atomic E-state index is 12.1. The Morgan fingerprint density at radius 3 is 2.38 bits per heavy atom. The normalized spacial score (nSPS) is 10.4. The van der Waals surface area contributed by atoms with Gasteiger partial charge in [0.25, 0.3) is 11.1 Å². The largest absolute Gasteiger partial charge is 0.497 e. The first-order valence-corrected chi connectivity index (χ1v) is 9.65. The van der Waals surface area contributed by atoms with E-state index in [9.17, 15) is 9.59 Å². The van der Waals surface area contributed by atoms with Gasteiger partial charge in [0, 0.05) is 11.3 Å². The lowest BCUT2D eigenvalue weighted by molar-refractivity contribution is -0.113. The third kappa shape index (κ3) is 6.08. The molecule has 3 rings (SSSR count). The molecule has 0 radical (unpaired) electrons. The molecule has 0 atom stereocenters. The Kier molecular flexibility index (Phi) is 6.85. The second-order valence-electron chi connectivity index (χ2n) is 5.90. The van der Waals surface area contributed by atoms with E-state index in [1.807, 2.05) is 0 Å². The van der Waals surface area contributed by atoms with Gasteiger partial charge in [0.2, 0.25) is 5.91 Å². The van der Waals surface area contributed by atoms with Gasteiger partial charge in [0.05, 0.1) is 12.9 Å². The smallest absolute Gasteiger partial charge is 0.277 e. The SMILES string of the molecule is COc1ccc(OCc2nnc(SCC(=O)Nc3ccc(C(C)=O)cc3)o2)cc1. The molecule has 1 amide bonds. The number of thioether (sulfide) groups is 1. The molecule has 0 spiro atoms. The van der Waals surface area contributed by atoms with Gasteiger partial charge in [-0.1, -0.05) is 11.8 Å². The van der Waals surface area contributed by atoms with E-state index in [-0.39, 0.29) is 29.3 Å². The van der Waals surface area contributed by atoms with Crippen LogP contribution in [0.15, 0.2) is 58.2 Å². The average molecular weight is 413 g/mol. The van der Waals surface area contributed by atoms with Crippen molar-refractivity contribution in [3.8, 4) is 11.5 Å². The van der Waals surface area contributed by atoms with E-state index < -0.39 is 0 Å². The van der Waals surface area contributed by atoms with E-state index >= 15 is 0 Å². The number of methoxy groups -OCH3 is 1. The predicted octanol–water partition coefficient (Wildman–Crippen LogP) is 3.59. The van der Waals surface area contributed by atoms with Crippen molar-refractivity contribution >= 4 is 29.1 Å². The monoisotopic (exact) mass is 413 g/mol. The Labute approximate surface area is 171 Å². The highest BCUT2D eigenvalue weighted by Gasteiger charge is 2.11. The lowest BCUT2D eigenvalue weighted by atomic mass is 10.1. The average Bonchev–Trinajstić information content (AvgIpc) is 3.19. The fourth-order valence-electron chi connectivity index (χ4n) is 2.28. The summed E-state index contributed by atoms with van der Waals surface area (Å²) in [5.74, 6) is 1.55. The minimum Gasteiger partial charge on any atom is -0.497 e. The summed E-state index contributed by atoms with van der Waals surface area (Å²) in [4.78, 5) is 23.3. The first kappa shape index (κ1) is 20.4. The van der Waals surface area contributed by atoms with Gasteiger partial charge in [-0.3, -0.25) is 9.59 Å². The zero-order valence-electron chi connectivity index (χ0n) is 15.9. The topological polar surface area (TPSA) is 104 Å². The molecule has 0 saturated heterocycles. The fourth-order valence-corrected chi connectivity index (χ4v) is 2.86. The van der Waals surface area contributed by atoms with Crippen LogP contribution in [0.25, 0.3) is 0 Å². The van der Waals surface area contributed by atoms with Gasteiger partial charge in [-0.05, 0) is 55.5 Å². The Morgan fingerprint density at radius 2 is 1.72 bits per heavy atom. The number of anilines is 1. The lowest BCUT2D eigenvalue weighted by Gasteiger charge is -2.05. The number of amides is 1. The molecule has 2 aromatic carbocycles. The maximum atomic E-state index is 12.1. The number of rotatable bonds is 9. The Bertz CT molecular complexity index is 971. The van der Waals surface area contributed by atoms with Crippen LogP contribution >= 0.6 is 11.8 Å². The molecule has 0 aliphatic heterocycles. The second kappa shape index (κ2) is 9.74. The number of nitrogens with zero attached hydrogens (tertiary/aromatic N) is 2. The highest BCUT2D eigenvalue weighted by molar-refractivity contribution is 7.99. The Hall–Kier alpha value is -3.33. The van der Waals surface area contributed by atoms with E-state index in [2.05, 4.69) is 15.5 Å². The number of nitrogens with one attached hydrogen (secondary N) is 1. The fraction of sp³-hybridized carbons (Fsp3) is 0.200. The molecule has 0 saturated carbocycles. The molecule has 0 fully saturated rings. The van der Waals surface area contributed by atoms with Crippen molar-refractivity contribution in [3.63, 3.8) is 0 Å². The predicted molar refractivity (Wildman–Crippen MR) is 107 cm³/mol. The first-order chi connectivity index (χ1) is 14.0. The minimum atomic E-state index is -0.222. The van der Waals surface area contributed by atoms with Crippen LogP contribution in [0, 0.1) is 0 Å². The van der Waals surface area contributed by atoms with Crippen molar-refractivity contribution in [2.75, 3.05) is 18.2 Å². The summed E-state index contributed by atoms with van der Waals surface area (Å²) in [6.07, 6.45) is 0. The summed E-state index contributed by atoms with van der Waals surface area (Å²) >= 11 is 1.12. The van der Waals surface area contributed by atoms with Crippen LogP contribution in [0.5, 0.6) is 11.5 Å². The number of carbonyl (C=O) groups excluding carboxylic acids is 2. The number of aromatic nitrogens is 2. The van der Waals surface area contributed by atoms with Crippen LogP contribution in [0.4, 0.5) is 5.69 Å². The molecule has 1 N–H and O–H groups in total. The standard InChI is InChI=1S/C20H19N3O5S/c1-13(24)14-3-5-15(6-4-14)21-18(25)12-29-20-23-22-19(28-20)11-27-17-9-7-16(26-2)8-10-17/h3-10H,11-12H2,1-2H3,(H,21,25). The second-order valence-corrected chi connectivity index (χ2v) is 6.82. The molecule has 29 heavy (non-hydrogen) atoms. The van der Waals surface area contributed by atoms with Crippen LogP contribution in [-0.2, 0) is 11.4 Å². The van der Waals surface area contributed by atoms with Gasteiger partial charge in [-0.15, -0.1) is 10.2 Å². The molecule has 0 unspecified atom stereocenters. The molecule has 9 heteroatoms. The van der Waals surface area contributed by atoms with E-state index in [0.29, 0.717) is 22.9 Å². The van der Waals surface area contributed by atoms with Crippen LogP contribution in [0.1, 0.15) is 23.2 Å². The summed E-state index contributed by atoms with van der Waals surface area (Å²) in [6.45, 7) is 1.61. The maximum Gasteiger partial charge on any atom is 0.277 e. The number of ketones is 1. The third-order valence-corrected chi connectivity index (χ3v) is 4.59. The van der Waals surface area contributed by atoms with E-state index in [1.165, 1.54) is 6.92 Å². The number of ether oxygens (including phenoxy) is 2. The molecule has 0 aliphatic rings. The number of benzene rings is 2. The van der Waals surface area contributed by atoms with Crippen molar-refractivity contribution in [1.82, 2.24) is 10.2 Å².